The predicted octanol–water partition coefficient (Wildman–Crippen LogP) is 0.267. The highest BCUT2D eigenvalue weighted by Crippen LogP contribution is 2.18. The standard InChI is InChI=1S/C11H14N2O2/c1-8-4-9-2-3-13(11(15)7-14)6-10(9)5-12-8/h4-5,14H,2-3,6-7H2,1H3. The van der Waals surface area contributed by atoms with Crippen molar-refractivity contribution in [1.29, 1.82) is 0 Å². The summed E-state index contributed by atoms with van der Waals surface area (Å²) in [5, 5.41) is 8.77. The van der Waals surface area contributed by atoms with E-state index in [1.807, 2.05) is 13.1 Å². The summed E-state index contributed by atoms with van der Waals surface area (Å²) < 4.78 is 0. The number of carbonyl (C=O) groups excluding carboxylic acids is 1. The lowest BCUT2D eigenvalue weighted by Crippen LogP contribution is -2.37. The van der Waals surface area contributed by atoms with Crippen molar-refractivity contribution in [3.05, 3.63) is 29.1 Å². The molecule has 0 saturated heterocycles. The van der Waals surface area contributed by atoms with Gasteiger partial charge < -0.3 is 10.0 Å². The molecular formula is C11H14N2O2. The minimum Gasteiger partial charge on any atom is -0.387 e. The van der Waals surface area contributed by atoms with Gasteiger partial charge in [0, 0.05) is 25.0 Å². The van der Waals surface area contributed by atoms with Crippen molar-refractivity contribution in [3.63, 3.8) is 0 Å². The van der Waals surface area contributed by atoms with Crippen LogP contribution in [-0.4, -0.2) is 34.0 Å². The molecule has 4 nitrogen and oxygen atoms in total. The monoisotopic (exact) mass is 206 g/mol. The molecule has 15 heavy (non-hydrogen) atoms. The van der Waals surface area contributed by atoms with Gasteiger partial charge in [0.25, 0.3) is 0 Å². The van der Waals surface area contributed by atoms with Crippen molar-refractivity contribution in [2.45, 2.75) is 19.9 Å². The zero-order valence-corrected chi connectivity index (χ0v) is 8.73. The van der Waals surface area contributed by atoms with Crippen molar-refractivity contribution in [2.24, 2.45) is 0 Å². The number of hydrogen-bond donors (Lipinski definition) is 1. The second-order valence-corrected chi connectivity index (χ2v) is 3.82. The van der Waals surface area contributed by atoms with E-state index in [9.17, 15) is 4.79 Å². The maximum Gasteiger partial charge on any atom is 0.248 e. The van der Waals surface area contributed by atoms with Crippen molar-refractivity contribution in [1.82, 2.24) is 9.88 Å². The molecule has 0 bridgehead atoms. The summed E-state index contributed by atoms with van der Waals surface area (Å²) in [6.45, 7) is 2.82. The Hall–Kier alpha value is -1.42. The summed E-state index contributed by atoms with van der Waals surface area (Å²) in [7, 11) is 0. The summed E-state index contributed by atoms with van der Waals surface area (Å²) in [5.74, 6) is -0.207. The first kappa shape index (κ1) is 10.1. The Morgan fingerprint density at radius 1 is 1.60 bits per heavy atom. The normalized spacial score (nSPS) is 14.9. The first-order valence-electron chi connectivity index (χ1n) is 5.03. The third-order valence-corrected chi connectivity index (χ3v) is 2.72. The first-order chi connectivity index (χ1) is 7.20. The molecule has 0 unspecified atom stereocenters. The van der Waals surface area contributed by atoms with E-state index in [2.05, 4.69) is 11.1 Å². The molecule has 80 valence electrons. The second kappa shape index (κ2) is 3.98. The zero-order chi connectivity index (χ0) is 10.8. The lowest BCUT2D eigenvalue weighted by molar-refractivity contribution is -0.135. The van der Waals surface area contributed by atoms with E-state index in [1.165, 1.54) is 5.56 Å². The fourth-order valence-corrected chi connectivity index (χ4v) is 1.87. The van der Waals surface area contributed by atoms with Crippen LogP contribution in [0.3, 0.4) is 0 Å². The van der Waals surface area contributed by atoms with Gasteiger partial charge >= 0.3 is 0 Å². The molecule has 1 aliphatic rings. The van der Waals surface area contributed by atoms with Gasteiger partial charge in [-0.3, -0.25) is 9.78 Å². The van der Waals surface area contributed by atoms with Crippen molar-refractivity contribution in [2.75, 3.05) is 13.2 Å². The third-order valence-electron chi connectivity index (χ3n) is 2.72. The van der Waals surface area contributed by atoms with E-state index < -0.39 is 6.61 Å². The Kier molecular flexibility index (Phi) is 2.68. The molecule has 1 N–H and O–H groups in total. The van der Waals surface area contributed by atoms with Crippen molar-refractivity contribution >= 4 is 5.91 Å². The third kappa shape index (κ3) is 1.99. The van der Waals surface area contributed by atoms with Gasteiger partial charge in [0.2, 0.25) is 5.91 Å². The van der Waals surface area contributed by atoms with Crippen LogP contribution < -0.4 is 0 Å². The molecule has 2 heterocycles. The number of aliphatic hydroxyl groups is 1. The quantitative estimate of drug-likeness (QED) is 0.717. The van der Waals surface area contributed by atoms with E-state index in [-0.39, 0.29) is 5.91 Å². The Morgan fingerprint density at radius 2 is 2.40 bits per heavy atom. The van der Waals surface area contributed by atoms with Gasteiger partial charge in [0.05, 0.1) is 0 Å². The largest absolute Gasteiger partial charge is 0.387 e. The van der Waals surface area contributed by atoms with Gasteiger partial charge in [0.15, 0.2) is 0 Å². The van der Waals surface area contributed by atoms with Crippen LogP contribution in [-0.2, 0) is 17.8 Å². The number of pyridine rings is 1. The van der Waals surface area contributed by atoms with Crippen LogP contribution in [0.15, 0.2) is 12.3 Å². The smallest absolute Gasteiger partial charge is 0.248 e. The minimum atomic E-state index is -0.408. The Balaban J connectivity index is 2.20. The maximum atomic E-state index is 11.3. The van der Waals surface area contributed by atoms with Crippen LogP contribution in [0.25, 0.3) is 0 Å². The summed E-state index contributed by atoms with van der Waals surface area (Å²) >= 11 is 0. The molecule has 0 aliphatic carbocycles. The second-order valence-electron chi connectivity index (χ2n) is 3.82. The lowest BCUT2D eigenvalue weighted by Gasteiger charge is -2.28. The van der Waals surface area contributed by atoms with Crippen LogP contribution in [0.5, 0.6) is 0 Å². The number of nitrogens with zero attached hydrogens (tertiary/aromatic N) is 2. The van der Waals surface area contributed by atoms with Gasteiger partial charge in [-0.15, -0.1) is 0 Å². The van der Waals surface area contributed by atoms with Crippen LogP contribution in [0.1, 0.15) is 16.8 Å². The number of fused-ring (bicyclic) bond motifs is 1. The van der Waals surface area contributed by atoms with Crippen LogP contribution >= 0.6 is 0 Å². The van der Waals surface area contributed by atoms with E-state index in [1.54, 1.807) is 4.90 Å². The molecule has 2 rings (SSSR count). The number of rotatable bonds is 1. The van der Waals surface area contributed by atoms with Crippen LogP contribution in [0.2, 0.25) is 0 Å². The summed E-state index contributed by atoms with van der Waals surface area (Å²) in [6, 6.07) is 2.07. The van der Waals surface area contributed by atoms with Gasteiger partial charge in [-0.1, -0.05) is 0 Å². The predicted molar refractivity (Wildman–Crippen MR) is 55.2 cm³/mol. The van der Waals surface area contributed by atoms with E-state index in [0.29, 0.717) is 13.1 Å². The fraction of sp³-hybridized carbons (Fsp3) is 0.455. The summed E-state index contributed by atoms with van der Waals surface area (Å²) in [4.78, 5) is 17.2. The highest BCUT2D eigenvalue weighted by Gasteiger charge is 2.19. The Morgan fingerprint density at radius 3 is 3.13 bits per heavy atom. The molecule has 1 amide bonds. The summed E-state index contributed by atoms with van der Waals surface area (Å²) in [5.41, 5.74) is 3.37. The Labute approximate surface area is 88.6 Å². The first-order valence-corrected chi connectivity index (χ1v) is 5.03. The van der Waals surface area contributed by atoms with E-state index in [4.69, 9.17) is 5.11 Å². The molecular weight excluding hydrogens is 192 g/mol. The molecule has 1 aliphatic heterocycles. The SMILES string of the molecule is Cc1cc2c(cn1)CN(C(=O)CO)CC2. The molecule has 0 saturated carbocycles. The van der Waals surface area contributed by atoms with Crippen molar-refractivity contribution in [3.8, 4) is 0 Å². The maximum absolute atomic E-state index is 11.3. The fourth-order valence-electron chi connectivity index (χ4n) is 1.87. The number of carbonyl (C=O) groups is 1. The van der Waals surface area contributed by atoms with Gasteiger partial charge in [0.1, 0.15) is 6.61 Å². The number of aromatic nitrogens is 1. The summed E-state index contributed by atoms with van der Waals surface area (Å²) in [6.07, 6.45) is 2.67. The number of hydrogen-bond acceptors (Lipinski definition) is 3. The molecule has 0 atom stereocenters. The molecule has 1 aromatic heterocycles. The molecule has 0 fully saturated rings. The van der Waals surface area contributed by atoms with E-state index in [0.717, 1.165) is 17.7 Å². The van der Waals surface area contributed by atoms with E-state index >= 15 is 0 Å². The highest BCUT2D eigenvalue weighted by atomic mass is 16.3. The number of aryl methyl sites for hydroxylation is 1. The minimum absolute atomic E-state index is 0.207. The molecule has 4 heteroatoms. The molecule has 0 spiro atoms. The van der Waals surface area contributed by atoms with Gasteiger partial charge in [-0.25, -0.2) is 0 Å². The molecule has 0 radical (unpaired) electrons. The molecule has 1 aromatic rings. The van der Waals surface area contributed by atoms with Crippen molar-refractivity contribution < 1.29 is 9.90 Å². The van der Waals surface area contributed by atoms with Gasteiger partial charge in [-0.2, -0.15) is 0 Å². The van der Waals surface area contributed by atoms with Crippen LogP contribution in [0, 0.1) is 6.92 Å². The Bertz CT molecular complexity index is 390. The van der Waals surface area contributed by atoms with Crippen LogP contribution in [0.4, 0.5) is 0 Å². The molecule has 0 aromatic carbocycles. The number of amides is 1. The topological polar surface area (TPSA) is 53.4 Å². The average Bonchev–Trinajstić information content (AvgIpc) is 2.27. The van der Waals surface area contributed by atoms with Gasteiger partial charge in [-0.05, 0) is 30.5 Å². The highest BCUT2D eigenvalue weighted by molar-refractivity contribution is 5.77. The average molecular weight is 206 g/mol. The zero-order valence-electron chi connectivity index (χ0n) is 8.73. The lowest BCUT2D eigenvalue weighted by atomic mass is 10.0. The number of aliphatic hydroxyl groups excluding tert-OH is 1.